The summed E-state index contributed by atoms with van der Waals surface area (Å²) in [7, 11) is 3.18. The molecule has 0 aliphatic heterocycles. The largest absolute Gasteiger partial charge is 0.493 e. The Bertz CT molecular complexity index is 421. The van der Waals surface area contributed by atoms with E-state index in [2.05, 4.69) is 4.98 Å². The maximum absolute atomic E-state index is 5.36. The van der Waals surface area contributed by atoms with Crippen LogP contribution in [0.25, 0.3) is 11.1 Å². The molecule has 0 spiro atoms. The smallest absolute Gasteiger partial charge is 0.192 e. The summed E-state index contributed by atoms with van der Waals surface area (Å²) in [6.07, 6.45) is 0. The Hall–Kier alpha value is -1.71. The van der Waals surface area contributed by atoms with E-state index in [0.717, 1.165) is 5.52 Å². The fraction of sp³-hybridized carbons (Fsp3) is 0.364. The molecular weight excluding hydrogens is 194 g/mol. The molecule has 4 heteroatoms. The molecule has 0 unspecified atom stereocenters. The number of fused-ring (bicyclic) bond motifs is 1. The first-order chi connectivity index (χ1) is 6.74. The number of hydrogen-bond donors (Lipinski definition) is 0. The van der Waals surface area contributed by atoms with E-state index < -0.39 is 0 Å². The van der Waals surface area contributed by atoms with Crippen molar-refractivity contribution in [1.82, 2.24) is 4.98 Å². The zero-order chi connectivity index (χ0) is 10.1. The summed E-state index contributed by atoms with van der Waals surface area (Å²) in [6, 6.07) is 3.57. The zero-order valence-electron chi connectivity index (χ0n) is 8.33. The number of nitrogens with zero attached hydrogens (tertiary/aromatic N) is 1. The van der Waals surface area contributed by atoms with Crippen LogP contribution >= 0.6 is 0 Å². The van der Waals surface area contributed by atoms with Gasteiger partial charge in [0.2, 0.25) is 0 Å². The van der Waals surface area contributed by atoms with E-state index >= 15 is 0 Å². The van der Waals surface area contributed by atoms with Gasteiger partial charge in [-0.05, 0) is 0 Å². The Morgan fingerprint density at radius 1 is 1.13 bits per heavy atom. The highest BCUT2D eigenvalue weighted by Gasteiger charge is 2.09. The molecule has 0 radical (unpaired) electrons. The van der Waals surface area contributed by atoms with Crippen LogP contribution in [0.5, 0.6) is 11.5 Å². The van der Waals surface area contributed by atoms with Crippen LogP contribution in [-0.2, 0) is 0 Å². The van der Waals surface area contributed by atoms with Crippen molar-refractivity contribution in [2.75, 3.05) is 14.2 Å². The van der Waals surface area contributed by atoms with E-state index in [-0.39, 0.29) is 7.43 Å². The number of hydrogen-bond acceptors (Lipinski definition) is 4. The molecule has 1 aromatic heterocycles. The average Bonchev–Trinajstić information content (AvgIpc) is 2.54. The normalized spacial score (nSPS) is 9.80. The molecule has 0 fully saturated rings. The summed E-state index contributed by atoms with van der Waals surface area (Å²) < 4.78 is 15.7. The molecule has 82 valence electrons. The number of rotatable bonds is 2. The van der Waals surface area contributed by atoms with Gasteiger partial charge in [-0.15, -0.1) is 0 Å². The lowest BCUT2D eigenvalue weighted by Crippen LogP contribution is -1.89. The van der Waals surface area contributed by atoms with Crippen molar-refractivity contribution in [2.45, 2.75) is 14.4 Å². The number of methoxy groups -OCH3 is 2. The van der Waals surface area contributed by atoms with Gasteiger partial charge in [0.1, 0.15) is 5.52 Å². The second-order valence-corrected chi connectivity index (χ2v) is 2.91. The van der Waals surface area contributed by atoms with Crippen LogP contribution in [0.3, 0.4) is 0 Å². The molecule has 15 heavy (non-hydrogen) atoms. The summed E-state index contributed by atoms with van der Waals surface area (Å²) in [5, 5.41) is 0. The summed E-state index contributed by atoms with van der Waals surface area (Å²) in [6.45, 7) is 1.80. The molecule has 0 saturated carbocycles. The number of benzene rings is 1. The van der Waals surface area contributed by atoms with E-state index in [1.165, 1.54) is 0 Å². The first-order valence-electron chi connectivity index (χ1n) is 4.23. The van der Waals surface area contributed by atoms with Gasteiger partial charge in [0.15, 0.2) is 23.0 Å². The van der Waals surface area contributed by atoms with Gasteiger partial charge >= 0.3 is 0 Å². The van der Waals surface area contributed by atoms with Gasteiger partial charge in [-0.2, -0.15) is 0 Å². The summed E-state index contributed by atoms with van der Waals surface area (Å²) >= 11 is 0. The number of aromatic nitrogens is 1. The molecule has 1 aromatic carbocycles. The standard InChI is InChI=1S/C10H11NO3.CH4/c1-6-11-7-4-9(12-2)10(13-3)5-8(7)14-6;/h4-5H,1-3H3;1H4. The third-order valence-corrected chi connectivity index (χ3v) is 2.00. The number of oxazole rings is 1. The van der Waals surface area contributed by atoms with E-state index in [1.807, 2.05) is 0 Å². The lowest BCUT2D eigenvalue weighted by molar-refractivity contribution is 0.355. The van der Waals surface area contributed by atoms with Crippen LogP contribution < -0.4 is 9.47 Å². The minimum absolute atomic E-state index is 0. The zero-order valence-corrected chi connectivity index (χ0v) is 8.33. The van der Waals surface area contributed by atoms with Crippen molar-refractivity contribution in [3.05, 3.63) is 18.0 Å². The van der Waals surface area contributed by atoms with Crippen molar-refractivity contribution < 1.29 is 13.9 Å². The average molecular weight is 209 g/mol. The molecular formula is C11H15NO3. The van der Waals surface area contributed by atoms with Gasteiger partial charge in [-0.25, -0.2) is 4.98 Å². The second kappa shape index (κ2) is 4.21. The van der Waals surface area contributed by atoms with Gasteiger partial charge in [-0.3, -0.25) is 0 Å². The Morgan fingerprint density at radius 2 is 1.73 bits per heavy atom. The monoisotopic (exact) mass is 209 g/mol. The number of aryl methyl sites for hydroxylation is 1. The summed E-state index contributed by atoms with van der Waals surface area (Å²) in [5.41, 5.74) is 1.49. The van der Waals surface area contributed by atoms with Crippen LogP contribution in [0.1, 0.15) is 13.3 Å². The molecule has 0 atom stereocenters. The number of ether oxygens (including phenoxy) is 2. The highest BCUT2D eigenvalue weighted by molar-refractivity contribution is 5.77. The van der Waals surface area contributed by atoms with Gasteiger partial charge < -0.3 is 13.9 Å². The fourth-order valence-electron chi connectivity index (χ4n) is 1.37. The first-order valence-corrected chi connectivity index (χ1v) is 4.23. The molecule has 2 rings (SSSR count). The van der Waals surface area contributed by atoms with Crippen molar-refractivity contribution >= 4 is 11.1 Å². The third kappa shape index (κ3) is 1.88. The Labute approximate surface area is 88.8 Å². The molecule has 1 heterocycles. The first kappa shape index (κ1) is 11.4. The second-order valence-electron chi connectivity index (χ2n) is 2.91. The lowest BCUT2D eigenvalue weighted by Gasteiger charge is -2.05. The molecule has 4 nitrogen and oxygen atoms in total. The minimum Gasteiger partial charge on any atom is -0.493 e. The molecule has 2 aromatic rings. The van der Waals surface area contributed by atoms with Crippen LogP contribution in [0, 0.1) is 6.92 Å². The summed E-state index contributed by atoms with van der Waals surface area (Å²) in [5.74, 6) is 1.94. The van der Waals surface area contributed by atoms with Gasteiger partial charge in [-0.1, -0.05) is 7.43 Å². The minimum atomic E-state index is 0. The van der Waals surface area contributed by atoms with Gasteiger partial charge in [0.25, 0.3) is 0 Å². The maximum Gasteiger partial charge on any atom is 0.192 e. The maximum atomic E-state index is 5.36. The van der Waals surface area contributed by atoms with Crippen LogP contribution in [0.4, 0.5) is 0 Å². The predicted octanol–water partition coefficient (Wildman–Crippen LogP) is 2.79. The summed E-state index contributed by atoms with van der Waals surface area (Å²) in [4.78, 5) is 4.19. The molecule has 0 saturated heterocycles. The van der Waals surface area contributed by atoms with E-state index in [4.69, 9.17) is 13.9 Å². The molecule has 0 aliphatic rings. The Balaban J connectivity index is 0.00000112. The van der Waals surface area contributed by atoms with Crippen LogP contribution in [-0.4, -0.2) is 19.2 Å². The Kier molecular flexibility index (Phi) is 3.19. The van der Waals surface area contributed by atoms with Crippen molar-refractivity contribution in [2.24, 2.45) is 0 Å². The molecule has 0 bridgehead atoms. The van der Waals surface area contributed by atoms with Crippen molar-refractivity contribution in [1.29, 1.82) is 0 Å². The quantitative estimate of drug-likeness (QED) is 0.762. The molecule has 0 N–H and O–H groups in total. The molecule has 0 amide bonds. The predicted molar refractivity (Wildman–Crippen MR) is 58.6 cm³/mol. The SMILES string of the molecule is C.COc1cc2nc(C)oc2cc1OC. The highest BCUT2D eigenvalue weighted by Crippen LogP contribution is 2.31. The lowest BCUT2D eigenvalue weighted by atomic mass is 10.3. The van der Waals surface area contributed by atoms with E-state index in [0.29, 0.717) is 23.0 Å². The highest BCUT2D eigenvalue weighted by atomic mass is 16.5. The van der Waals surface area contributed by atoms with E-state index in [1.54, 1.807) is 33.3 Å². The van der Waals surface area contributed by atoms with Crippen molar-refractivity contribution in [3.63, 3.8) is 0 Å². The molecule has 0 aliphatic carbocycles. The van der Waals surface area contributed by atoms with E-state index in [9.17, 15) is 0 Å². The Morgan fingerprint density at radius 3 is 2.33 bits per heavy atom. The van der Waals surface area contributed by atoms with Crippen molar-refractivity contribution in [3.8, 4) is 11.5 Å². The van der Waals surface area contributed by atoms with Crippen LogP contribution in [0.15, 0.2) is 16.5 Å². The topological polar surface area (TPSA) is 44.5 Å². The third-order valence-electron chi connectivity index (χ3n) is 2.00. The van der Waals surface area contributed by atoms with Gasteiger partial charge in [0, 0.05) is 19.1 Å². The fourth-order valence-corrected chi connectivity index (χ4v) is 1.37. The van der Waals surface area contributed by atoms with Crippen LogP contribution in [0.2, 0.25) is 0 Å². The van der Waals surface area contributed by atoms with Gasteiger partial charge in [0.05, 0.1) is 14.2 Å².